The van der Waals surface area contributed by atoms with Gasteiger partial charge in [0.1, 0.15) is 5.69 Å². The maximum Gasteiger partial charge on any atom is 0.293 e. The monoisotopic (exact) mass is 408 g/mol. The number of nitro benzene ring substituents is 1. The highest BCUT2D eigenvalue weighted by molar-refractivity contribution is 7.99. The zero-order valence-electron chi connectivity index (χ0n) is 13.9. The van der Waals surface area contributed by atoms with Crippen molar-refractivity contribution in [2.45, 2.75) is 15.8 Å². The van der Waals surface area contributed by atoms with E-state index in [-0.39, 0.29) is 17.1 Å². The van der Waals surface area contributed by atoms with Crippen molar-refractivity contribution in [3.05, 3.63) is 69.1 Å². The van der Waals surface area contributed by atoms with Gasteiger partial charge in [0.25, 0.3) is 5.69 Å². The van der Waals surface area contributed by atoms with Gasteiger partial charge in [-0.1, -0.05) is 23.3 Å². The average molecular weight is 408 g/mol. The first kappa shape index (κ1) is 20.5. The molecule has 0 bridgehead atoms. The lowest BCUT2D eigenvalue weighted by atomic mass is 10.2. The van der Waals surface area contributed by atoms with Crippen LogP contribution in [0.5, 0.6) is 0 Å². The Bertz CT molecular complexity index is 962. The molecular formula is C15H16N6O4S2. The molecule has 10 nitrogen and oxygen atoms in total. The summed E-state index contributed by atoms with van der Waals surface area (Å²) in [5, 5.41) is 22.8. The first-order valence-electron chi connectivity index (χ1n) is 7.57. The largest absolute Gasteiger partial charge is 0.376 e. The van der Waals surface area contributed by atoms with E-state index in [1.54, 1.807) is 0 Å². The topological polar surface area (TPSA) is 164 Å². The number of hydrogen-bond donors (Lipinski definition) is 2. The van der Waals surface area contributed by atoms with Crippen molar-refractivity contribution in [1.29, 1.82) is 0 Å². The fourth-order valence-corrected chi connectivity index (χ4v) is 3.64. The smallest absolute Gasteiger partial charge is 0.293 e. The number of azide groups is 1. The third-order valence-electron chi connectivity index (χ3n) is 3.41. The van der Waals surface area contributed by atoms with Crippen molar-refractivity contribution in [2.24, 2.45) is 10.3 Å². The molecule has 2 aromatic carbocycles. The highest BCUT2D eigenvalue weighted by Crippen LogP contribution is 2.29. The molecule has 0 radical (unpaired) electrons. The van der Waals surface area contributed by atoms with Gasteiger partial charge in [0.05, 0.1) is 9.82 Å². The minimum atomic E-state index is -4.07. The van der Waals surface area contributed by atoms with Crippen LogP contribution in [0, 0.1) is 10.1 Å². The zero-order chi connectivity index (χ0) is 19.9. The summed E-state index contributed by atoms with van der Waals surface area (Å²) in [6.45, 7) is 0.0599. The summed E-state index contributed by atoms with van der Waals surface area (Å²) in [6.07, 6.45) is 0. The third-order valence-corrected chi connectivity index (χ3v) is 5.50. The summed E-state index contributed by atoms with van der Waals surface area (Å²) in [6, 6.07) is 12.4. The van der Waals surface area contributed by atoms with Crippen LogP contribution >= 0.6 is 11.8 Å². The quantitative estimate of drug-likeness (QED) is 0.161. The Balaban J connectivity index is 2.25. The molecule has 0 saturated heterocycles. The Morgan fingerprint density at radius 1 is 1.30 bits per heavy atom. The van der Waals surface area contributed by atoms with Crippen LogP contribution in [0.2, 0.25) is 0 Å². The second-order valence-electron chi connectivity index (χ2n) is 5.36. The summed E-state index contributed by atoms with van der Waals surface area (Å²) in [7, 11) is -4.07. The Kier molecular flexibility index (Phi) is 7.02. The van der Waals surface area contributed by atoms with E-state index in [2.05, 4.69) is 15.3 Å². The lowest BCUT2D eigenvalue weighted by Gasteiger charge is -2.18. The van der Waals surface area contributed by atoms with Crippen molar-refractivity contribution in [3.63, 3.8) is 0 Å². The highest BCUT2D eigenvalue weighted by Gasteiger charge is 2.21. The van der Waals surface area contributed by atoms with Crippen LogP contribution in [0.25, 0.3) is 10.4 Å². The molecule has 0 heterocycles. The number of primary sulfonamides is 1. The molecule has 142 valence electrons. The number of nitrogens with one attached hydrogen (secondary N) is 1. The minimum absolute atomic E-state index is 0.0599. The number of hydrogen-bond acceptors (Lipinski definition) is 7. The molecule has 2 aromatic rings. The van der Waals surface area contributed by atoms with Crippen LogP contribution in [-0.4, -0.2) is 31.7 Å². The first-order valence-corrected chi connectivity index (χ1v) is 10.1. The van der Waals surface area contributed by atoms with E-state index in [1.807, 2.05) is 30.3 Å². The SMILES string of the molecule is [N-]=[N+]=NC[C@H](CSc1ccccc1)Nc1ccc(S(N)(=O)=O)cc1[N+](=O)[O-]. The van der Waals surface area contributed by atoms with E-state index in [1.165, 1.54) is 23.9 Å². The summed E-state index contributed by atoms with van der Waals surface area (Å²) < 4.78 is 22.8. The molecule has 0 unspecified atom stereocenters. The Hall–Kier alpha value is -2.79. The molecule has 0 aliphatic heterocycles. The van der Waals surface area contributed by atoms with Crippen LogP contribution in [0.15, 0.2) is 63.4 Å². The molecule has 3 N–H and O–H groups in total. The number of thioether (sulfide) groups is 1. The lowest BCUT2D eigenvalue weighted by molar-refractivity contribution is -0.384. The number of sulfonamides is 1. The normalized spacial score (nSPS) is 12.0. The number of anilines is 1. The number of nitrogens with two attached hydrogens (primary N) is 1. The standard InChI is InChI=1S/C15H16N6O4S2/c16-20-18-9-11(10-26-12-4-2-1-3-5-12)19-14-7-6-13(27(17,24)25)8-15(14)21(22)23/h1-8,11,19H,9-10H2,(H2,17,24,25)/t11-/m1/s1. The van der Waals surface area contributed by atoms with Gasteiger partial charge >= 0.3 is 0 Å². The maximum absolute atomic E-state index is 11.4. The molecule has 0 fully saturated rings. The lowest BCUT2D eigenvalue weighted by Crippen LogP contribution is -2.26. The molecule has 2 rings (SSSR count). The molecule has 0 aliphatic carbocycles. The minimum Gasteiger partial charge on any atom is -0.376 e. The highest BCUT2D eigenvalue weighted by atomic mass is 32.2. The molecule has 12 heteroatoms. The van der Waals surface area contributed by atoms with Crippen LogP contribution in [0.1, 0.15) is 0 Å². The second kappa shape index (κ2) is 9.24. The average Bonchev–Trinajstić information content (AvgIpc) is 2.64. The number of benzene rings is 2. The van der Waals surface area contributed by atoms with Gasteiger partial charge in [-0.25, -0.2) is 13.6 Å². The molecule has 1 atom stereocenters. The molecule has 0 spiro atoms. The van der Waals surface area contributed by atoms with Gasteiger partial charge in [-0.3, -0.25) is 10.1 Å². The predicted molar refractivity (Wildman–Crippen MR) is 103 cm³/mol. The number of nitro groups is 1. The predicted octanol–water partition coefficient (Wildman–Crippen LogP) is 3.13. The van der Waals surface area contributed by atoms with E-state index in [4.69, 9.17) is 10.7 Å². The van der Waals surface area contributed by atoms with Crippen LogP contribution < -0.4 is 10.5 Å². The van der Waals surface area contributed by atoms with E-state index >= 15 is 0 Å². The molecule has 27 heavy (non-hydrogen) atoms. The molecule has 0 aliphatic rings. The van der Waals surface area contributed by atoms with Crippen LogP contribution in [-0.2, 0) is 10.0 Å². The Labute approximate surface area is 159 Å². The van der Waals surface area contributed by atoms with Crippen LogP contribution in [0.3, 0.4) is 0 Å². The van der Waals surface area contributed by atoms with E-state index in [0.717, 1.165) is 11.0 Å². The van der Waals surface area contributed by atoms with E-state index in [0.29, 0.717) is 5.75 Å². The van der Waals surface area contributed by atoms with Gasteiger partial charge in [-0.15, -0.1) is 11.8 Å². The summed E-state index contributed by atoms with van der Waals surface area (Å²) >= 11 is 1.49. The van der Waals surface area contributed by atoms with Crippen molar-refractivity contribution < 1.29 is 13.3 Å². The second-order valence-corrected chi connectivity index (χ2v) is 8.01. The molecule has 0 saturated carbocycles. The Morgan fingerprint density at radius 2 is 2.00 bits per heavy atom. The van der Waals surface area contributed by atoms with Gasteiger partial charge in [-0.05, 0) is 29.8 Å². The molecular weight excluding hydrogens is 392 g/mol. The van der Waals surface area contributed by atoms with Crippen molar-refractivity contribution >= 4 is 33.2 Å². The van der Waals surface area contributed by atoms with Crippen LogP contribution in [0.4, 0.5) is 11.4 Å². The fraction of sp³-hybridized carbons (Fsp3) is 0.200. The number of nitrogens with zero attached hydrogens (tertiary/aromatic N) is 4. The van der Waals surface area contributed by atoms with Crippen molar-refractivity contribution in [2.75, 3.05) is 17.6 Å². The molecule has 0 amide bonds. The summed E-state index contributed by atoms with van der Waals surface area (Å²) in [5.41, 5.74) is 8.25. The van der Waals surface area contributed by atoms with Gasteiger partial charge in [-0.2, -0.15) is 0 Å². The van der Waals surface area contributed by atoms with Gasteiger partial charge in [0.15, 0.2) is 0 Å². The fourth-order valence-electron chi connectivity index (χ4n) is 2.17. The Morgan fingerprint density at radius 3 is 2.59 bits per heavy atom. The zero-order valence-corrected chi connectivity index (χ0v) is 15.6. The summed E-state index contributed by atoms with van der Waals surface area (Å²) in [4.78, 5) is 14.0. The van der Waals surface area contributed by atoms with Crippen molar-refractivity contribution in [3.8, 4) is 0 Å². The maximum atomic E-state index is 11.4. The van der Waals surface area contributed by atoms with Crippen molar-refractivity contribution in [1.82, 2.24) is 0 Å². The van der Waals surface area contributed by atoms with E-state index in [9.17, 15) is 18.5 Å². The van der Waals surface area contributed by atoms with Gasteiger partial charge in [0, 0.05) is 34.2 Å². The van der Waals surface area contributed by atoms with Gasteiger partial charge < -0.3 is 5.32 Å². The first-order chi connectivity index (χ1) is 12.8. The van der Waals surface area contributed by atoms with Gasteiger partial charge in [0.2, 0.25) is 10.0 Å². The summed E-state index contributed by atoms with van der Waals surface area (Å²) in [5.74, 6) is 0.469. The molecule has 0 aromatic heterocycles. The number of rotatable bonds is 9. The van der Waals surface area contributed by atoms with E-state index < -0.39 is 26.7 Å². The third kappa shape index (κ3) is 6.15.